The van der Waals surface area contributed by atoms with Gasteiger partial charge in [-0.1, -0.05) is 18.5 Å². The van der Waals surface area contributed by atoms with Gasteiger partial charge in [0.2, 0.25) is 0 Å². The molecule has 0 unspecified atom stereocenters. The average molecular weight is 397 g/mol. The number of hydrogen-bond donors (Lipinski definition) is 2. The lowest BCUT2D eigenvalue weighted by molar-refractivity contribution is 0.0954. The number of halogens is 1. The maximum absolute atomic E-state index is 12.7. The van der Waals surface area contributed by atoms with Crippen molar-refractivity contribution in [2.24, 2.45) is 0 Å². The minimum Gasteiger partial charge on any atom is -0.352 e. The van der Waals surface area contributed by atoms with Crippen LogP contribution in [0.2, 0.25) is 5.02 Å². The summed E-state index contributed by atoms with van der Waals surface area (Å²) in [4.78, 5) is 25.0. The number of rotatable bonds is 6. The molecule has 3 rings (SSSR count). The Labute approximate surface area is 168 Å². The SMILES string of the molecule is CCCNC(=O)c1ccc(Cl)cc1NC(=O)c1ccc(-n2cc(C)cn2)cc1. The number of aryl methyl sites for hydroxylation is 1. The van der Waals surface area contributed by atoms with Crippen LogP contribution in [0.15, 0.2) is 54.9 Å². The number of benzene rings is 2. The van der Waals surface area contributed by atoms with Crippen molar-refractivity contribution in [3.05, 3.63) is 76.6 Å². The van der Waals surface area contributed by atoms with Gasteiger partial charge in [0.15, 0.2) is 0 Å². The predicted octanol–water partition coefficient (Wildman–Crippen LogP) is 4.23. The Kier molecular flexibility index (Phi) is 6.11. The molecule has 0 saturated carbocycles. The lowest BCUT2D eigenvalue weighted by Gasteiger charge is -2.12. The fraction of sp³-hybridized carbons (Fsp3) is 0.190. The van der Waals surface area contributed by atoms with E-state index in [4.69, 9.17) is 11.6 Å². The zero-order chi connectivity index (χ0) is 20.1. The van der Waals surface area contributed by atoms with Crippen LogP contribution in [-0.2, 0) is 0 Å². The maximum atomic E-state index is 12.7. The van der Waals surface area contributed by atoms with E-state index >= 15 is 0 Å². The lowest BCUT2D eigenvalue weighted by atomic mass is 10.1. The summed E-state index contributed by atoms with van der Waals surface area (Å²) in [7, 11) is 0. The Morgan fingerprint density at radius 2 is 1.86 bits per heavy atom. The number of carbonyl (C=O) groups is 2. The van der Waals surface area contributed by atoms with Crippen molar-refractivity contribution in [3.63, 3.8) is 0 Å². The van der Waals surface area contributed by atoms with E-state index in [1.54, 1.807) is 41.2 Å². The van der Waals surface area contributed by atoms with E-state index in [0.29, 0.717) is 28.4 Å². The Balaban J connectivity index is 1.79. The molecule has 2 N–H and O–H groups in total. The minimum absolute atomic E-state index is 0.252. The third kappa shape index (κ3) is 4.58. The molecule has 0 bridgehead atoms. The molecule has 2 amide bonds. The summed E-state index contributed by atoms with van der Waals surface area (Å²) in [6, 6.07) is 11.8. The average Bonchev–Trinajstić information content (AvgIpc) is 3.12. The molecular weight excluding hydrogens is 376 g/mol. The molecule has 0 spiro atoms. The third-order valence-corrected chi connectivity index (χ3v) is 4.35. The first-order valence-electron chi connectivity index (χ1n) is 8.98. The van der Waals surface area contributed by atoms with Crippen molar-refractivity contribution in [1.29, 1.82) is 0 Å². The van der Waals surface area contributed by atoms with Crippen LogP contribution in [0.4, 0.5) is 5.69 Å². The number of aromatic nitrogens is 2. The molecule has 0 aliphatic rings. The molecule has 2 aromatic carbocycles. The normalized spacial score (nSPS) is 10.5. The zero-order valence-corrected chi connectivity index (χ0v) is 16.5. The fourth-order valence-corrected chi connectivity index (χ4v) is 2.84. The maximum Gasteiger partial charge on any atom is 0.255 e. The van der Waals surface area contributed by atoms with Gasteiger partial charge in [-0.2, -0.15) is 5.10 Å². The van der Waals surface area contributed by atoms with Crippen LogP contribution >= 0.6 is 11.6 Å². The molecule has 0 atom stereocenters. The van der Waals surface area contributed by atoms with Crippen molar-refractivity contribution in [1.82, 2.24) is 15.1 Å². The first kappa shape index (κ1) is 19.6. The Morgan fingerprint density at radius 3 is 2.50 bits per heavy atom. The van der Waals surface area contributed by atoms with Gasteiger partial charge in [0.25, 0.3) is 11.8 Å². The van der Waals surface area contributed by atoms with E-state index in [-0.39, 0.29) is 11.8 Å². The van der Waals surface area contributed by atoms with Gasteiger partial charge in [-0.05, 0) is 61.4 Å². The number of nitrogens with zero attached hydrogens (tertiary/aromatic N) is 2. The minimum atomic E-state index is -0.324. The van der Waals surface area contributed by atoms with E-state index < -0.39 is 0 Å². The molecule has 3 aromatic rings. The molecule has 6 nitrogen and oxygen atoms in total. The highest BCUT2D eigenvalue weighted by Crippen LogP contribution is 2.22. The van der Waals surface area contributed by atoms with Crippen LogP contribution in [0.3, 0.4) is 0 Å². The van der Waals surface area contributed by atoms with Gasteiger partial charge in [0.1, 0.15) is 0 Å². The van der Waals surface area contributed by atoms with E-state index in [9.17, 15) is 9.59 Å². The summed E-state index contributed by atoms with van der Waals surface area (Å²) in [5, 5.41) is 10.3. The summed E-state index contributed by atoms with van der Waals surface area (Å²) >= 11 is 6.05. The van der Waals surface area contributed by atoms with E-state index in [1.165, 1.54) is 0 Å². The highest BCUT2D eigenvalue weighted by Gasteiger charge is 2.15. The van der Waals surface area contributed by atoms with Crippen molar-refractivity contribution < 1.29 is 9.59 Å². The molecule has 28 heavy (non-hydrogen) atoms. The monoisotopic (exact) mass is 396 g/mol. The van der Waals surface area contributed by atoms with Gasteiger partial charge in [-0.25, -0.2) is 4.68 Å². The van der Waals surface area contributed by atoms with E-state index in [1.807, 2.05) is 32.2 Å². The molecular formula is C21H21ClN4O2. The highest BCUT2D eigenvalue weighted by molar-refractivity contribution is 6.31. The smallest absolute Gasteiger partial charge is 0.255 e. The molecule has 0 aliphatic heterocycles. The summed E-state index contributed by atoms with van der Waals surface area (Å²) < 4.78 is 1.74. The van der Waals surface area contributed by atoms with Crippen LogP contribution in [0.5, 0.6) is 0 Å². The fourth-order valence-electron chi connectivity index (χ4n) is 2.67. The topological polar surface area (TPSA) is 76.0 Å². The van der Waals surface area contributed by atoms with Crippen molar-refractivity contribution >= 4 is 29.1 Å². The van der Waals surface area contributed by atoms with Gasteiger partial charge in [0, 0.05) is 23.3 Å². The summed E-state index contributed by atoms with van der Waals surface area (Å²) in [5.74, 6) is -0.576. The molecule has 0 saturated heterocycles. The largest absolute Gasteiger partial charge is 0.352 e. The van der Waals surface area contributed by atoms with Gasteiger partial charge >= 0.3 is 0 Å². The second-order valence-electron chi connectivity index (χ2n) is 6.41. The Morgan fingerprint density at radius 1 is 1.11 bits per heavy atom. The second kappa shape index (κ2) is 8.71. The summed E-state index contributed by atoms with van der Waals surface area (Å²) in [5.41, 5.74) is 3.11. The number of carbonyl (C=O) groups excluding carboxylic acids is 2. The third-order valence-electron chi connectivity index (χ3n) is 4.12. The highest BCUT2D eigenvalue weighted by atomic mass is 35.5. The first-order chi connectivity index (χ1) is 13.5. The summed E-state index contributed by atoms with van der Waals surface area (Å²) in [6.45, 7) is 4.49. The summed E-state index contributed by atoms with van der Waals surface area (Å²) in [6.07, 6.45) is 4.50. The van der Waals surface area contributed by atoms with E-state index in [0.717, 1.165) is 17.7 Å². The van der Waals surface area contributed by atoms with Crippen LogP contribution in [0.25, 0.3) is 5.69 Å². The molecule has 0 aliphatic carbocycles. The quantitative estimate of drug-likeness (QED) is 0.654. The number of nitrogens with one attached hydrogen (secondary N) is 2. The van der Waals surface area contributed by atoms with Gasteiger partial charge in [-0.15, -0.1) is 0 Å². The van der Waals surface area contributed by atoms with Crippen molar-refractivity contribution in [3.8, 4) is 5.69 Å². The first-order valence-corrected chi connectivity index (χ1v) is 9.36. The van der Waals surface area contributed by atoms with Crippen LogP contribution < -0.4 is 10.6 Å². The van der Waals surface area contributed by atoms with Gasteiger partial charge in [0.05, 0.1) is 23.1 Å². The zero-order valence-electron chi connectivity index (χ0n) is 15.7. The second-order valence-corrected chi connectivity index (χ2v) is 6.85. The Hall–Kier alpha value is -3.12. The number of amides is 2. The Bertz CT molecular complexity index is 996. The number of anilines is 1. The molecule has 1 aromatic heterocycles. The van der Waals surface area contributed by atoms with Crippen LogP contribution in [-0.4, -0.2) is 28.1 Å². The molecule has 7 heteroatoms. The van der Waals surface area contributed by atoms with Crippen molar-refractivity contribution in [2.75, 3.05) is 11.9 Å². The molecule has 144 valence electrons. The molecule has 0 radical (unpaired) electrons. The predicted molar refractivity (Wildman–Crippen MR) is 110 cm³/mol. The lowest BCUT2D eigenvalue weighted by Crippen LogP contribution is -2.25. The van der Waals surface area contributed by atoms with Gasteiger partial charge in [-0.3, -0.25) is 9.59 Å². The number of hydrogen-bond acceptors (Lipinski definition) is 3. The van der Waals surface area contributed by atoms with Crippen molar-refractivity contribution in [2.45, 2.75) is 20.3 Å². The molecule has 1 heterocycles. The van der Waals surface area contributed by atoms with Crippen LogP contribution in [0, 0.1) is 6.92 Å². The van der Waals surface area contributed by atoms with Gasteiger partial charge < -0.3 is 10.6 Å². The standard InChI is InChI=1S/C21H21ClN4O2/c1-3-10-23-21(28)18-9-6-16(22)11-19(18)25-20(27)15-4-7-17(8-5-15)26-13-14(2)12-24-26/h4-9,11-13H,3,10H2,1-2H3,(H,23,28)(H,25,27). The van der Waals surface area contributed by atoms with Crippen LogP contribution in [0.1, 0.15) is 39.6 Å². The van der Waals surface area contributed by atoms with E-state index in [2.05, 4.69) is 15.7 Å². The molecule has 0 fully saturated rings.